The van der Waals surface area contributed by atoms with Crippen LogP contribution in [0, 0.1) is 0 Å². The fourth-order valence-electron chi connectivity index (χ4n) is 3.57. The van der Waals surface area contributed by atoms with E-state index in [9.17, 15) is 9.59 Å². The molecule has 32 heavy (non-hydrogen) atoms. The number of ether oxygens (including phenoxy) is 3. The Morgan fingerprint density at radius 2 is 1.72 bits per heavy atom. The number of benzene rings is 2. The van der Waals surface area contributed by atoms with Crippen LogP contribution >= 0.6 is 12.2 Å². The maximum atomic E-state index is 12.8. The number of methoxy groups -OCH3 is 3. The Labute approximate surface area is 193 Å². The van der Waals surface area contributed by atoms with Crippen LogP contribution in [0.1, 0.15) is 12.0 Å². The van der Waals surface area contributed by atoms with Crippen LogP contribution < -0.4 is 19.5 Å². The molecule has 1 saturated heterocycles. The van der Waals surface area contributed by atoms with Gasteiger partial charge in [0.2, 0.25) is 5.91 Å². The molecule has 2 aromatic rings. The summed E-state index contributed by atoms with van der Waals surface area (Å²) in [5.41, 5.74) is 1.64. The molecule has 170 valence electrons. The van der Waals surface area contributed by atoms with E-state index in [-0.39, 0.29) is 18.2 Å². The first-order valence-corrected chi connectivity index (χ1v) is 10.5. The minimum atomic E-state index is -0.647. The number of hydrogen-bond acceptors (Lipinski definition) is 6. The van der Waals surface area contributed by atoms with Gasteiger partial charge in [-0.15, -0.1) is 0 Å². The maximum Gasteiger partial charge on any atom is 0.251 e. The van der Waals surface area contributed by atoms with Crippen LogP contribution in [0.2, 0.25) is 0 Å². The third-order valence-corrected chi connectivity index (χ3v) is 5.87. The fraction of sp³-hybridized carbons (Fsp3) is 0.348. The number of carbonyl (C=O) groups excluding carboxylic acids is 2. The summed E-state index contributed by atoms with van der Waals surface area (Å²) in [5, 5.41) is 3.24. The number of thiocarbonyl (C=S) groups is 1. The lowest BCUT2D eigenvalue weighted by Gasteiger charge is -2.23. The zero-order valence-electron chi connectivity index (χ0n) is 18.6. The fourth-order valence-corrected chi connectivity index (χ4v) is 3.88. The molecule has 0 bridgehead atoms. The van der Waals surface area contributed by atoms with Crippen molar-refractivity contribution in [1.29, 1.82) is 0 Å². The molecule has 2 amide bonds. The van der Waals surface area contributed by atoms with Crippen molar-refractivity contribution in [2.75, 3.05) is 40.2 Å². The maximum absolute atomic E-state index is 12.8. The van der Waals surface area contributed by atoms with Gasteiger partial charge in [-0.1, -0.05) is 6.07 Å². The Morgan fingerprint density at radius 1 is 1.03 bits per heavy atom. The molecular formula is C23H27N3O5S. The van der Waals surface area contributed by atoms with Crippen LogP contribution in [0.4, 0.5) is 5.69 Å². The Morgan fingerprint density at radius 3 is 2.34 bits per heavy atom. The molecule has 0 spiro atoms. The second-order valence-electron chi connectivity index (χ2n) is 7.31. The predicted molar refractivity (Wildman–Crippen MR) is 125 cm³/mol. The summed E-state index contributed by atoms with van der Waals surface area (Å²) in [7, 11) is 6.39. The first-order valence-electron chi connectivity index (χ1n) is 10.1. The van der Waals surface area contributed by atoms with Crippen LogP contribution in [0.3, 0.4) is 0 Å². The Bertz CT molecular complexity index is 996. The van der Waals surface area contributed by atoms with E-state index in [1.165, 1.54) is 4.90 Å². The van der Waals surface area contributed by atoms with E-state index in [0.717, 1.165) is 5.56 Å². The van der Waals surface area contributed by atoms with Crippen molar-refractivity contribution in [3.8, 4) is 17.2 Å². The summed E-state index contributed by atoms with van der Waals surface area (Å²) < 4.78 is 15.8. The van der Waals surface area contributed by atoms with Crippen molar-refractivity contribution in [3.05, 3.63) is 48.0 Å². The lowest BCUT2D eigenvalue weighted by Crippen LogP contribution is -2.39. The number of likely N-dealkylation sites (N-methyl/N-ethyl adjacent to an activating group) is 1. The largest absolute Gasteiger partial charge is 0.497 e. The third-order valence-electron chi connectivity index (χ3n) is 5.37. The monoisotopic (exact) mass is 457 g/mol. The van der Waals surface area contributed by atoms with Crippen LogP contribution in [-0.2, 0) is 16.0 Å². The van der Waals surface area contributed by atoms with Gasteiger partial charge in [0.1, 0.15) is 11.8 Å². The number of amides is 2. The predicted octanol–water partition coefficient (Wildman–Crippen LogP) is 2.71. The number of nitrogens with zero attached hydrogens (tertiary/aromatic N) is 2. The van der Waals surface area contributed by atoms with E-state index in [1.807, 2.05) is 23.1 Å². The van der Waals surface area contributed by atoms with Gasteiger partial charge < -0.3 is 24.4 Å². The molecule has 8 nitrogen and oxygen atoms in total. The highest BCUT2D eigenvalue weighted by atomic mass is 32.1. The highest BCUT2D eigenvalue weighted by Gasteiger charge is 2.41. The van der Waals surface area contributed by atoms with E-state index < -0.39 is 6.04 Å². The Hall–Kier alpha value is -3.33. The molecule has 1 fully saturated rings. The molecular weight excluding hydrogens is 430 g/mol. The molecule has 1 unspecified atom stereocenters. The van der Waals surface area contributed by atoms with Crippen LogP contribution in [0.15, 0.2) is 42.5 Å². The molecule has 0 radical (unpaired) electrons. The summed E-state index contributed by atoms with van der Waals surface area (Å²) in [4.78, 5) is 28.6. The number of hydrogen-bond donors (Lipinski definition) is 1. The first kappa shape index (κ1) is 23.3. The molecule has 9 heteroatoms. The van der Waals surface area contributed by atoms with Gasteiger partial charge in [-0.25, -0.2) is 0 Å². The Kier molecular flexibility index (Phi) is 7.53. The number of nitrogens with one attached hydrogen (secondary N) is 1. The topological polar surface area (TPSA) is 80.3 Å². The van der Waals surface area contributed by atoms with Crippen molar-refractivity contribution in [2.24, 2.45) is 0 Å². The second-order valence-corrected chi connectivity index (χ2v) is 7.67. The van der Waals surface area contributed by atoms with E-state index in [1.54, 1.807) is 52.6 Å². The van der Waals surface area contributed by atoms with Gasteiger partial charge in [0.25, 0.3) is 5.91 Å². The van der Waals surface area contributed by atoms with Crippen LogP contribution in [-0.4, -0.2) is 67.7 Å². The molecule has 3 rings (SSSR count). The molecule has 1 N–H and O–H groups in total. The molecule has 1 aliphatic heterocycles. The lowest BCUT2D eigenvalue weighted by molar-refractivity contribution is -0.130. The van der Waals surface area contributed by atoms with E-state index in [0.29, 0.717) is 41.0 Å². The van der Waals surface area contributed by atoms with Gasteiger partial charge in [-0.3, -0.25) is 14.5 Å². The van der Waals surface area contributed by atoms with Crippen LogP contribution in [0.5, 0.6) is 17.2 Å². The number of rotatable bonds is 9. The van der Waals surface area contributed by atoms with Gasteiger partial charge in [-0.2, -0.15) is 0 Å². The van der Waals surface area contributed by atoms with E-state index in [4.69, 9.17) is 26.4 Å². The number of anilines is 1. The van der Waals surface area contributed by atoms with Gasteiger partial charge in [-0.05, 0) is 60.6 Å². The highest BCUT2D eigenvalue weighted by Crippen LogP contribution is 2.28. The van der Waals surface area contributed by atoms with Crippen molar-refractivity contribution in [3.63, 3.8) is 0 Å². The zero-order chi connectivity index (χ0) is 23.3. The average molecular weight is 458 g/mol. The highest BCUT2D eigenvalue weighted by molar-refractivity contribution is 7.80. The van der Waals surface area contributed by atoms with Crippen molar-refractivity contribution >= 4 is 34.8 Å². The summed E-state index contributed by atoms with van der Waals surface area (Å²) >= 11 is 5.47. The standard InChI is InChI=1S/C23H27N3O5S/c1-25-22(28)18(14-21(27)24-16-6-8-17(29-2)9-7-16)26(23(25)32)12-11-15-5-10-19(30-3)20(13-15)31-4/h5-10,13,18H,11-12,14H2,1-4H3,(H,24,27). The minimum absolute atomic E-state index is 0.00127. The summed E-state index contributed by atoms with van der Waals surface area (Å²) in [6.45, 7) is 0.491. The summed E-state index contributed by atoms with van der Waals surface area (Å²) in [5.74, 6) is 1.53. The molecule has 2 aromatic carbocycles. The van der Waals surface area contributed by atoms with Gasteiger partial charge >= 0.3 is 0 Å². The molecule has 1 atom stereocenters. The normalized spacial score (nSPS) is 15.7. The van der Waals surface area contributed by atoms with Gasteiger partial charge in [0, 0.05) is 19.3 Å². The summed E-state index contributed by atoms with van der Waals surface area (Å²) in [6, 6.07) is 12.0. The first-order chi connectivity index (χ1) is 15.4. The second kappa shape index (κ2) is 10.3. The van der Waals surface area contributed by atoms with Crippen molar-refractivity contribution in [1.82, 2.24) is 9.80 Å². The smallest absolute Gasteiger partial charge is 0.251 e. The minimum Gasteiger partial charge on any atom is -0.497 e. The summed E-state index contributed by atoms with van der Waals surface area (Å²) in [6.07, 6.45) is 0.624. The molecule has 1 heterocycles. The molecule has 0 aliphatic carbocycles. The van der Waals surface area contributed by atoms with Gasteiger partial charge in [0.15, 0.2) is 16.6 Å². The Balaban J connectivity index is 1.67. The van der Waals surface area contributed by atoms with E-state index in [2.05, 4.69) is 5.32 Å². The molecule has 1 aliphatic rings. The zero-order valence-corrected chi connectivity index (χ0v) is 19.4. The quantitative estimate of drug-likeness (QED) is 0.580. The third kappa shape index (κ3) is 5.11. The van der Waals surface area contributed by atoms with Crippen molar-refractivity contribution < 1.29 is 23.8 Å². The van der Waals surface area contributed by atoms with E-state index >= 15 is 0 Å². The average Bonchev–Trinajstić information content (AvgIpc) is 3.01. The van der Waals surface area contributed by atoms with Crippen molar-refractivity contribution in [2.45, 2.75) is 18.9 Å². The lowest BCUT2D eigenvalue weighted by atomic mass is 10.1. The van der Waals surface area contributed by atoms with Crippen LogP contribution in [0.25, 0.3) is 0 Å². The van der Waals surface area contributed by atoms with Gasteiger partial charge in [0.05, 0.1) is 27.8 Å². The molecule has 0 aromatic heterocycles. The molecule has 0 saturated carbocycles. The number of carbonyl (C=O) groups is 2. The SMILES string of the molecule is COc1ccc(NC(=O)CC2C(=O)N(C)C(=S)N2CCc2ccc(OC)c(OC)c2)cc1.